The summed E-state index contributed by atoms with van der Waals surface area (Å²) in [7, 11) is 0. The summed E-state index contributed by atoms with van der Waals surface area (Å²) in [5.74, 6) is 0.755. The quantitative estimate of drug-likeness (QED) is 0.847. The van der Waals surface area contributed by atoms with Gasteiger partial charge >= 0.3 is 0 Å². The molecule has 0 saturated heterocycles. The number of aliphatic hydroxyl groups is 1. The van der Waals surface area contributed by atoms with Gasteiger partial charge in [0.1, 0.15) is 12.4 Å². The first-order valence-corrected chi connectivity index (χ1v) is 6.94. The minimum atomic E-state index is -0.822. The van der Waals surface area contributed by atoms with Gasteiger partial charge in [-0.2, -0.15) is 0 Å². The normalized spacial score (nSPS) is 11.9. The third kappa shape index (κ3) is 5.85. The van der Waals surface area contributed by atoms with Crippen LogP contribution >= 0.6 is 15.9 Å². The molecule has 1 aromatic carbocycles. The molecule has 0 atom stereocenters. The fourth-order valence-electron chi connectivity index (χ4n) is 1.35. The van der Waals surface area contributed by atoms with Crippen molar-refractivity contribution in [1.29, 1.82) is 0 Å². The van der Waals surface area contributed by atoms with Gasteiger partial charge in [0, 0.05) is 12.6 Å². The second-order valence-corrected chi connectivity index (χ2v) is 6.26. The molecule has 0 heterocycles. The van der Waals surface area contributed by atoms with Gasteiger partial charge in [0.25, 0.3) is 0 Å². The molecule has 1 rings (SSSR count). The van der Waals surface area contributed by atoms with Crippen LogP contribution < -0.4 is 10.1 Å². The van der Waals surface area contributed by atoms with E-state index in [0.29, 0.717) is 6.04 Å². The molecule has 18 heavy (non-hydrogen) atoms. The van der Waals surface area contributed by atoms with Gasteiger partial charge in [-0.15, -0.1) is 0 Å². The zero-order valence-electron chi connectivity index (χ0n) is 11.5. The SMILES string of the molecule is CC(C)NCc1ccc(OCC(C)(C)O)c(Br)c1. The van der Waals surface area contributed by atoms with Crippen LogP contribution in [-0.4, -0.2) is 23.4 Å². The van der Waals surface area contributed by atoms with Crippen LogP contribution in [0.3, 0.4) is 0 Å². The standard InChI is InChI=1S/C14H22BrNO2/c1-10(2)16-8-11-5-6-13(12(15)7-11)18-9-14(3,4)17/h5-7,10,16-17H,8-9H2,1-4H3. The highest BCUT2D eigenvalue weighted by molar-refractivity contribution is 9.10. The van der Waals surface area contributed by atoms with Crippen molar-refractivity contribution in [2.75, 3.05) is 6.61 Å². The summed E-state index contributed by atoms with van der Waals surface area (Å²) in [6.07, 6.45) is 0. The van der Waals surface area contributed by atoms with E-state index in [1.54, 1.807) is 13.8 Å². The van der Waals surface area contributed by atoms with E-state index in [9.17, 15) is 5.11 Å². The molecule has 0 aliphatic heterocycles. The molecule has 0 spiro atoms. The van der Waals surface area contributed by atoms with Gasteiger partial charge in [-0.3, -0.25) is 0 Å². The van der Waals surface area contributed by atoms with Gasteiger partial charge in [-0.1, -0.05) is 19.9 Å². The third-order valence-corrected chi connectivity index (χ3v) is 2.91. The average Bonchev–Trinajstić information content (AvgIpc) is 2.23. The summed E-state index contributed by atoms with van der Waals surface area (Å²) in [6.45, 7) is 8.80. The topological polar surface area (TPSA) is 41.5 Å². The lowest BCUT2D eigenvalue weighted by atomic mass is 10.1. The van der Waals surface area contributed by atoms with Crippen molar-refractivity contribution in [2.45, 2.75) is 45.9 Å². The number of hydrogen-bond donors (Lipinski definition) is 2. The van der Waals surface area contributed by atoms with Gasteiger partial charge in [-0.25, -0.2) is 0 Å². The van der Waals surface area contributed by atoms with Gasteiger partial charge in [0.15, 0.2) is 0 Å². The zero-order valence-corrected chi connectivity index (χ0v) is 13.0. The molecular weight excluding hydrogens is 294 g/mol. The smallest absolute Gasteiger partial charge is 0.133 e. The molecule has 4 heteroatoms. The summed E-state index contributed by atoms with van der Waals surface area (Å²) in [5, 5.41) is 13.0. The highest BCUT2D eigenvalue weighted by Crippen LogP contribution is 2.26. The Bertz CT molecular complexity index is 386. The molecule has 0 saturated carbocycles. The molecule has 0 unspecified atom stereocenters. The molecule has 0 fully saturated rings. The van der Waals surface area contributed by atoms with Crippen molar-refractivity contribution in [3.63, 3.8) is 0 Å². The predicted octanol–water partition coefficient (Wildman–Crippen LogP) is 3.10. The van der Waals surface area contributed by atoms with Crippen molar-refractivity contribution < 1.29 is 9.84 Å². The van der Waals surface area contributed by atoms with Crippen molar-refractivity contribution in [2.24, 2.45) is 0 Å². The molecule has 0 aromatic heterocycles. The first-order chi connectivity index (χ1) is 8.28. The molecule has 0 bridgehead atoms. The van der Waals surface area contributed by atoms with Gasteiger partial charge in [0.05, 0.1) is 10.1 Å². The number of hydrogen-bond acceptors (Lipinski definition) is 3. The molecule has 102 valence electrons. The second kappa shape index (κ2) is 6.55. The molecular formula is C14H22BrNO2. The molecule has 3 nitrogen and oxygen atoms in total. The van der Waals surface area contributed by atoms with Crippen molar-refractivity contribution >= 4 is 15.9 Å². The highest BCUT2D eigenvalue weighted by Gasteiger charge is 2.14. The highest BCUT2D eigenvalue weighted by atomic mass is 79.9. The average molecular weight is 316 g/mol. The van der Waals surface area contributed by atoms with E-state index >= 15 is 0 Å². The monoisotopic (exact) mass is 315 g/mol. The van der Waals surface area contributed by atoms with Crippen LogP contribution in [0.5, 0.6) is 5.75 Å². The Labute approximate surface area is 118 Å². The van der Waals surface area contributed by atoms with Crippen molar-refractivity contribution in [3.05, 3.63) is 28.2 Å². The fraction of sp³-hybridized carbons (Fsp3) is 0.571. The summed E-state index contributed by atoms with van der Waals surface area (Å²) >= 11 is 3.49. The van der Waals surface area contributed by atoms with E-state index in [0.717, 1.165) is 16.8 Å². The van der Waals surface area contributed by atoms with Crippen LogP contribution in [0.25, 0.3) is 0 Å². The number of ether oxygens (including phenoxy) is 1. The van der Waals surface area contributed by atoms with Crippen LogP contribution in [-0.2, 0) is 6.54 Å². The Hall–Kier alpha value is -0.580. The van der Waals surface area contributed by atoms with Crippen molar-refractivity contribution in [3.8, 4) is 5.75 Å². The minimum Gasteiger partial charge on any atom is -0.489 e. The first-order valence-electron chi connectivity index (χ1n) is 6.15. The van der Waals surface area contributed by atoms with E-state index in [1.165, 1.54) is 5.56 Å². The number of halogens is 1. The van der Waals surface area contributed by atoms with Gasteiger partial charge in [-0.05, 0) is 47.5 Å². The molecule has 0 aliphatic carbocycles. The third-order valence-electron chi connectivity index (χ3n) is 2.29. The molecule has 1 aromatic rings. The second-order valence-electron chi connectivity index (χ2n) is 5.40. The Morgan fingerprint density at radius 3 is 2.56 bits per heavy atom. The number of nitrogens with one attached hydrogen (secondary N) is 1. The maximum Gasteiger partial charge on any atom is 0.133 e. The Balaban J connectivity index is 2.62. The number of rotatable bonds is 6. The lowest BCUT2D eigenvalue weighted by Gasteiger charge is -2.18. The Kier molecular flexibility index (Phi) is 5.63. The summed E-state index contributed by atoms with van der Waals surface area (Å²) in [4.78, 5) is 0. The Morgan fingerprint density at radius 1 is 1.39 bits per heavy atom. The van der Waals surface area contributed by atoms with E-state index in [-0.39, 0.29) is 6.61 Å². The van der Waals surface area contributed by atoms with E-state index in [2.05, 4.69) is 35.1 Å². The minimum absolute atomic E-state index is 0.273. The predicted molar refractivity (Wildman–Crippen MR) is 77.9 cm³/mol. The maximum absolute atomic E-state index is 9.62. The lowest BCUT2D eigenvalue weighted by Crippen LogP contribution is -2.28. The molecule has 0 aliphatic rings. The van der Waals surface area contributed by atoms with E-state index in [1.807, 2.05) is 18.2 Å². The number of benzene rings is 1. The summed E-state index contributed by atoms with van der Waals surface area (Å²) < 4.78 is 6.48. The lowest BCUT2D eigenvalue weighted by molar-refractivity contribution is 0.0282. The molecule has 0 radical (unpaired) electrons. The van der Waals surface area contributed by atoms with Crippen LogP contribution in [0.15, 0.2) is 22.7 Å². The van der Waals surface area contributed by atoms with Crippen LogP contribution in [0.2, 0.25) is 0 Å². The fourth-order valence-corrected chi connectivity index (χ4v) is 1.89. The Morgan fingerprint density at radius 2 is 2.06 bits per heavy atom. The zero-order chi connectivity index (χ0) is 13.8. The summed E-state index contributed by atoms with van der Waals surface area (Å²) in [6, 6.07) is 6.46. The largest absolute Gasteiger partial charge is 0.489 e. The maximum atomic E-state index is 9.62. The van der Waals surface area contributed by atoms with Crippen LogP contribution in [0, 0.1) is 0 Å². The van der Waals surface area contributed by atoms with Crippen molar-refractivity contribution in [1.82, 2.24) is 5.32 Å². The molecule has 0 amide bonds. The van der Waals surface area contributed by atoms with Crippen LogP contribution in [0.4, 0.5) is 0 Å². The van der Waals surface area contributed by atoms with E-state index < -0.39 is 5.60 Å². The summed E-state index contributed by atoms with van der Waals surface area (Å²) in [5.41, 5.74) is 0.378. The molecule has 2 N–H and O–H groups in total. The first kappa shape index (κ1) is 15.5. The van der Waals surface area contributed by atoms with Gasteiger partial charge < -0.3 is 15.2 Å². The van der Waals surface area contributed by atoms with E-state index in [4.69, 9.17) is 4.74 Å². The van der Waals surface area contributed by atoms with Gasteiger partial charge in [0.2, 0.25) is 0 Å². The van der Waals surface area contributed by atoms with Crippen LogP contribution in [0.1, 0.15) is 33.3 Å².